The summed E-state index contributed by atoms with van der Waals surface area (Å²) < 4.78 is 18.1. The SMILES string of the molecule is C=CCc1cc(/C=N/NC(=O)c2cc3cc(Br)ccc3o2)cc(OC)c1OCc1ccccc1C#N. The zero-order chi connectivity index (χ0) is 25.5. The summed E-state index contributed by atoms with van der Waals surface area (Å²) in [4.78, 5) is 12.5. The molecule has 0 fully saturated rings. The van der Waals surface area contributed by atoms with E-state index in [4.69, 9.17) is 13.9 Å². The maximum atomic E-state index is 12.5. The van der Waals surface area contributed by atoms with Crippen molar-refractivity contribution in [2.24, 2.45) is 5.10 Å². The van der Waals surface area contributed by atoms with Gasteiger partial charge in [-0.15, -0.1) is 6.58 Å². The lowest BCUT2D eigenvalue weighted by molar-refractivity contribution is 0.0929. The first kappa shape index (κ1) is 24.8. The number of hydrogen-bond donors (Lipinski definition) is 1. The second kappa shape index (κ2) is 11.4. The highest BCUT2D eigenvalue weighted by Gasteiger charge is 2.15. The van der Waals surface area contributed by atoms with Crippen LogP contribution in [0.1, 0.15) is 32.8 Å². The van der Waals surface area contributed by atoms with Crippen LogP contribution in [0.4, 0.5) is 0 Å². The molecular weight excluding hydrogens is 522 g/mol. The van der Waals surface area contributed by atoms with Gasteiger partial charge in [-0.2, -0.15) is 10.4 Å². The minimum Gasteiger partial charge on any atom is -0.493 e. The van der Waals surface area contributed by atoms with E-state index in [-0.39, 0.29) is 12.4 Å². The van der Waals surface area contributed by atoms with Crippen LogP contribution >= 0.6 is 15.9 Å². The van der Waals surface area contributed by atoms with Gasteiger partial charge in [-0.05, 0) is 54.4 Å². The van der Waals surface area contributed by atoms with Gasteiger partial charge in [0.05, 0.1) is 25.0 Å². The van der Waals surface area contributed by atoms with Crippen molar-refractivity contribution in [2.75, 3.05) is 7.11 Å². The van der Waals surface area contributed by atoms with E-state index in [2.05, 4.69) is 39.1 Å². The van der Waals surface area contributed by atoms with Gasteiger partial charge in [-0.25, -0.2) is 5.43 Å². The highest BCUT2D eigenvalue weighted by Crippen LogP contribution is 2.34. The van der Waals surface area contributed by atoms with Crippen molar-refractivity contribution in [3.05, 3.63) is 106 Å². The third-order valence-electron chi connectivity index (χ3n) is 5.33. The third-order valence-corrected chi connectivity index (χ3v) is 5.82. The van der Waals surface area contributed by atoms with Crippen molar-refractivity contribution >= 4 is 39.0 Å². The molecule has 1 N–H and O–H groups in total. The molecule has 0 unspecified atom stereocenters. The first-order chi connectivity index (χ1) is 17.5. The molecule has 1 aromatic heterocycles. The van der Waals surface area contributed by atoms with Gasteiger partial charge in [0.1, 0.15) is 12.2 Å². The Labute approximate surface area is 216 Å². The standard InChI is InChI=1S/C28H22BrN3O4/c1-3-6-19-11-18(12-25(34-2)27(19)35-17-21-8-5-4-7-20(21)15-30)16-31-32-28(33)26-14-22-13-23(29)9-10-24(22)36-26/h3-5,7-14,16H,1,6,17H2,2H3,(H,32,33)/b31-16+. The summed E-state index contributed by atoms with van der Waals surface area (Å²) in [6, 6.07) is 20.2. The zero-order valence-electron chi connectivity index (χ0n) is 19.5. The molecule has 180 valence electrons. The number of halogens is 1. The van der Waals surface area contributed by atoms with Gasteiger partial charge in [-0.1, -0.05) is 40.2 Å². The number of nitriles is 1. The summed E-state index contributed by atoms with van der Waals surface area (Å²) >= 11 is 3.40. The summed E-state index contributed by atoms with van der Waals surface area (Å²) in [5.41, 5.74) is 5.95. The number of amides is 1. The van der Waals surface area contributed by atoms with Crippen LogP contribution in [0.15, 0.2) is 87.3 Å². The Morgan fingerprint density at radius 2 is 2.03 bits per heavy atom. The Morgan fingerprint density at radius 3 is 2.81 bits per heavy atom. The number of rotatable bonds is 9. The number of ether oxygens (including phenoxy) is 2. The Hall–Kier alpha value is -4.35. The molecule has 0 spiro atoms. The van der Waals surface area contributed by atoms with E-state index in [0.29, 0.717) is 34.6 Å². The number of hydrogen-bond acceptors (Lipinski definition) is 6. The lowest BCUT2D eigenvalue weighted by Crippen LogP contribution is -2.16. The third kappa shape index (κ3) is 5.65. The molecule has 1 amide bonds. The number of allylic oxidation sites excluding steroid dienone is 1. The van der Waals surface area contributed by atoms with Crippen LogP contribution in [0.5, 0.6) is 11.5 Å². The maximum absolute atomic E-state index is 12.5. The summed E-state index contributed by atoms with van der Waals surface area (Å²) in [6.45, 7) is 4.04. The fourth-order valence-corrected chi connectivity index (χ4v) is 4.01. The summed E-state index contributed by atoms with van der Waals surface area (Å²) in [7, 11) is 1.55. The molecule has 7 nitrogen and oxygen atoms in total. The van der Waals surface area contributed by atoms with E-state index in [1.165, 1.54) is 6.21 Å². The van der Waals surface area contributed by atoms with Crippen molar-refractivity contribution in [3.63, 3.8) is 0 Å². The quantitative estimate of drug-likeness (QED) is 0.155. The first-order valence-corrected chi connectivity index (χ1v) is 11.8. The summed E-state index contributed by atoms with van der Waals surface area (Å²) in [5, 5.41) is 14.2. The van der Waals surface area contributed by atoms with Gasteiger partial charge in [-0.3, -0.25) is 4.79 Å². The van der Waals surface area contributed by atoms with Crippen molar-refractivity contribution in [3.8, 4) is 17.6 Å². The highest BCUT2D eigenvalue weighted by molar-refractivity contribution is 9.10. The number of methoxy groups -OCH3 is 1. The number of furan rings is 1. The van der Waals surface area contributed by atoms with Gasteiger partial charge in [0, 0.05) is 21.0 Å². The monoisotopic (exact) mass is 543 g/mol. The Bertz CT molecular complexity index is 1500. The Morgan fingerprint density at radius 1 is 1.19 bits per heavy atom. The van der Waals surface area contributed by atoms with Crippen molar-refractivity contribution in [1.82, 2.24) is 5.43 Å². The lowest BCUT2D eigenvalue weighted by Gasteiger charge is -2.16. The average molecular weight is 544 g/mol. The van der Waals surface area contributed by atoms with Crippen molar-refractivity contribution in [2.45, 2.75) is 13.0 Å². The van der Waals surface area contributed by atoms with Crippen LogP contribution in [0.2, 0.25) is 0 Å². The molecule has 1 heterocycles. The Kier molecular flexibility index (Phi) is 7.83. The molecule has 0 atom stereocenters. The van der Waals surface area contributed by atoms with E-state index in [1.54, 1.807) is 37.5 Å². The summed E-state index contributed by atoms with van der Waals surface area (Å²) in [6.07, 6.45) is 3.79. The van der Waals surface area contributed by atoms with Gasteiger partial charge < -0.3 is 13.9 Å². The van der Waals surface area contributed by atoms with Gasteiger partial charge in [0.2, 0.25) is 0 Å². The van der Waals surface area contributed by atoms with Crippen LogP contribution in [0, 0.1) is 11.3 Å². The van der Waals surface area contributed by atoms with Gasteiger partial charge in [0.15, 0.2) is 17.3 Å². The molecule has 36 heavy (non-hydrogen) atoms. The van der Waals surface area contributed by atoms with Crippen LogP contribution in [0.3, 0.4) is 0 Å². The average Bonchev–Trinajstić information content (AvgIpc) is 3.31. The minimum absolute atomic E-state index is 0.159. The molecule has 0 aliphatic heterocycles. The number of carbonyl (C=O) groups is 1. The fourth-order valence-electron chi connectivity index (χ4n) is 3.63. The molecule has 4 rings (SSSR count). The molecule has 0 aliphatic carbocycles. The van der Waals surface area contributed by atoms with E-state index < -0.39 is 5.91 Å². The van der Waals surface area contributed by atoms with Gasteiger partial charge in [0.25, 0.3) is 0 Å². The molecule has 3 aromatic carbocycles. The lowest BCUT2D eigenvalue weighted by atomic mass is 10.1. The van der Waals surface area contributed by atoms with Crippen LogP contribution < -0.4 is 14.9 Å². The van der Waals surface area contributed by atoms with Crippen LogP contribution in [-0.4, -0.2) is 19.2 Å². The molecule has 0 saturated carbocycles. The molecule has 8 heteroatoms. The zero-order valence-corrected chi connectivity index (χ0v) is 21.0. The van der Waals surface area contributed by atoms with E-state index >= 15 is 0 Å². The number of nitrogens with zero attached hydrogens (tertiary/aromatic N) is 2. The van der Waals surface area contributed by atoms with E-state index in [9.17, 15) is 10.1 Å². The highest BCUT2D eigenvalue weighted by atomic mass is 79.9. The number of hydrazone groups is 1. The predicted octanol–water partition coefficient (Wildman–Crippen LogP) is 6.15. The molecule has 0 aliphatic rings. The number of nitrogens with one attached hydrogen (secondary N) is 1. The van der Waals surface area contributed by atoms with Gasteiger partial charge >= 0.3 is 5.91 Å². The molecule has 0 saturated heterocycles. The number of carbonyl (C=O) groups excluding carboxylic acids is 1. The largest absolute Gasteiger partial charge is 0.493 e. The smallest absolute Gasteiger partial charge is 0.307 e. The first-order valence-electron chi connectivity index (χ1n) is 11.0. The molecule has 0 bridgehead atoms. The van der Waals surface area contributed by atoms with Crippen LogP contribution in [-0.2, 0) is 13.0 Å². The Balaban J connectivity index is 1.52. The second-order valence-corrected chi connectivity index (χ2v) is 8.67. The molecular formula is C28H22BrN3O4. The summed E-state index contributed by atoms with van der Waals surface area (Å²) in [5.74, 6) is 0.749. The van der Waals surface area contributed by atoms with E-state index in [1.807, 2.05) is 36.4 Å². The minimum atomic E-state index is -0.465. The molecule has 4 aromatic rings. The number of fused-ring (bicyclic) bond motifs is 1. The fraction of sp³-hybridized carbons (Fsp3) is 0.107. The maximum Gasteiger partial charge on any atom is 0.307 e. The van der Waals surface area contributed by atoms with Crippen molar-refractivity contribution in [1.29, 1.82) is 5.26 Å². The normalized spacial score (nSPS) is 10.8. The van der Waals surface area contributed by atoms with Crippen molar-refractivity contribution < 1.29 is 18.7 Å². The van der Waals surface area contributed by atoms with Crippen LogP contribution in [0.25, 0.3) is 11.0 Å². The number of benzene rings is 3. The molecule has 0 radical (unpaired) electrons. The van der Waals surface area contributed by atoms with E-state index in [0.717, 1.165) is 21.0 Å². The predicted molar refractivity (Wildman–Crippen MR) is 141 cm³/mol. The topological polar surface area (TPSA) is 96.8 Å². The second-order valence-electron chi connectivity index (χ2n) is 7.75.